The smallest absolute Gasteiger partial charge is 0.0828 e. The van der Waals surface area contributed by atoms with Gasteiger partial charge in [0.1, 0.15) is 0 Å². The van der Waals surface area contributed by atoms with E-state index in [1.165, 1.54) is 29.5 Å². The molecule has 0 N–H and O–H groups in total. The first-order chi connectivity index (χ1) is 7.18. The monoisotopic (exact) mass is 204 g/mol. The van der Waals surface area contributed by atoms with Crippen molar-refractivity contribution in [3.63, 3.8) is 0 Å². The van der Waals surface area contributed by atoms with E-state index in [2.05, 4.69) is 39.0 Å². The van der Waals surface area contributed by atoms with E-state index in [1.807, 2.05) is 0 Å². The van der Waals surface area contributed by atoms with E-state index in [4.69, 9.17) is 4.74 Å². The highest BCUT2D eigenvalue weighted by Gasteiger charge is 2.19. The highest BCUT2D eigenvalue weighted by atomic mass is 16.5. The average Bonchev–Trinajstić information content (AvgIpc) is 2.71. The summed E-state index contributed by atoms with van der Waals surface area (Å²) in [6.45, 7) is 7.59. The SMILES string of the molecule is Cc1ccc(C(C)C)cc1[C@H]1CCCO1. The molecule has 1 heterocycles. The van der Waals surface area contributed by atoms with Crippen LogP contribution in [0.2, 0.25) is 0 Å². The Morgan fingerprint density at radius 3 is 2.73 bits per heavy atom. The molecule has 0 bridgehead atoms. The van der Waals surface area contributed by atoms with Gasteiger partial charge in [0, 0.05) is 6.61 Å². The number of benzene rings is 1. The van der Waals surface area contributed by atoms with E-state index in [0.29, 0.717) is 12.0 Å². The van der Waals surface area contributed by atoms with Crippen molar-refractivity contribution in [2.24, 2.45) is 0 Å². The zero-order valence-corrected chi connectivity index (χ0v) is 9.92. The van der Waals surface area contributed by atoms with Gasteiger partial charge in [0.15, 0.2) is 0 Å². The number of hydrogen-bond acceptors (Lipinski definition) is 1. The number of hydrogen-bond donors (Lipinski definition) is 0. The standard InChI is InChI=1S/C14H20O/c1-10(2)12-7-6-11(3)13(9-12)14-5-4-8-15-14/h6-7,9-10,14H,4-5,8H2,1-3H3/t14-/m1/s1. The predicted molar refractivity (Wildman–Crippen MR) is 63.2 cm³/mol. The van der Waals surface area contributed by atoms with Gasteiger partial charge in [-0.2, -0.15) is 0 Å². The summed E-state index contributed by atoms with van der Waals surface area (Å²) in [6, 6.07) is 6.79. The molecule has 2 rings (SSSR count). The Hall–Kier alpha value is -0.820. The van der Waals surface area contributed by atoms with Crippen LogP contribution in [0.3, 0.4) is 0 Å². The van der Waals surface area contributed by atoms with Crippen molar-refractivity contribution in [3.05, 3.63) is 34.9 Å². The lowest BCUT2D eigenvalue weighted by molar-refractivity contribution is 0.111. The fraction of sp³-hybridized carbons (Fsp3) is 0.571. The molecule has 0 aliphatic carbocycles. The first-order valence-electron chi connectivity index (χ1n) is 5.90. The molecule has 1 fully saturated rings. The molecule has 0 aromatic heterocycles. The van der Waals surface area contributed by atoms with Crippen LogP contribution in [0.15, 0.2) is 18.2 Å². The third kappa shape index (κ3) is 2.23. The largest absolute Gasteiger partial charge is 0.374 e. The summed E-state index contributed by atoms with van der Waals surface area (Å²) in [5.74, 6) is 0.603. The molecular formula is C14H20O. The lowest BCUT2D eigenvalue weighted by Gasteiger charge is -2.16. The minimum absolute atomic E-state index is 0.351. The molecule has 1 heteroatoms. The van der Waals surface area contributed by atoms with Crippen LogP contribution in [-0.4, -0.2) is 6.61 Å². The Kier molecular flexibility index (Phi) is 3.11. The molecule has 1 saturated heterocycles. The highest BCUT2D eigenvalue weighted by Crippen LogP contribution is 2.32. The second kappa shape index (κ2) is 4.36. The summed E-state index contributed by atoms with van der Waals surface area (Å²) in [6.07, 6.45) is 2.74. The van der Waals surface area contributed by atoms with E-state index >= 15 is 0 Å². The van der Waals surface area contributed by atoms with Gasteiger partial charge < -0.3 is 4.74 Å². The first kappa shape index (κ1) is 10.7. The van der Waals surface area contributed by atoms with Crippen molar-refractivity contribution < 1.29 is 4.74 Å². The van der Waals surface area contributed by atoms with Gasteiger partial charge in [-0.05, 0) is 42.4 Å². The molecular weight excluding hydrogens is 184 g/mol. The normalized spacial score (nSPS) is 21.2. The maximum absolute atomic E-state index is 5.75. The van der Waals surface area contributed by atoms with E-state index < -0.39 is 0 Å². The number of ether oxygens (including phenoxy) is 1. The zero-order chi connectivity index (χ0) is 10.8. The van der Waals surface area contributed by atoms with Gasteiger partial charge in [-0.15, -0.1) is 0 Å². The minimum Gasteiger partial charge on any atom is -0.374 e. The zero-order valence-electron chi connectivity index (χ0n) is 9.92. The minimum atomic E-state index is 0.351. The summed E-state index contributed by atoms with van der Waals surface area (Å²) >= 11 is 0. The molecule has 1 aromatic rings. The molecule has 0 unspecified atom stereocenters. The summed E-state index contributed by atoms with van der Waals surface area (Å²) < 4.78 is 5.75. The fourth-order valence-corrected chi connectivity index (χ4v) is 2.19. The lowest BCUT2D eigenvalue weighted by atomic mass is 9.94. The van der Waals surface area contributed by atoms with Gasteiger partial charge in [-0.3, -0.25) is 0 Å². The molecule has 0 radical (unpaired) electrons. The predicted octanol–water partition coefficient (Wildman–Crippen LogP) is 3.97. The highest BCUT2D eigenvalue weighted by molar-refractivity contribution is 5.34. The molecule has 1 aromatic carbocycles. The van der Waals surface area contributed by atoms with Crippen molar-refractivity contribution in [3.8, 4) is 0 Å². The third-order valence-electron chi connectivity index (χ3n) is 3.25. The molecule has 15 heavy (non-hydrogen) atoms. The van der Waals surface area contributed by atoms with Crippen molar-refractivity contribution in [2.75, 3.05) is 6.61 Å². The molecule has 0 spiro atoms. The maximum atomic E-state index is 5.75. The number of rotatable bonds is 2. The van der Waals surface area contributed by atoms with Crippen LogP contribution in [0.25, 0.3) is 0 Å². The van der Waals surface area contributed by atoms with E-state index in [0.717, 1.165) is 6.61 Å². The molecule has 82 valence electrons. The van der Waals surface area contributed by atoms with Gasteiger partial charge in [-0.25, -0.2) is 0 Å². The van der Waals surface area contributed by atoms with E-state index in [-0.39, 0.29) is 0 Å². The van der Waals surface area contributed by atoms with Crippen LogP contribution < -0.4 is 0 Å². The van der Waals surface area contributed by atoms with Crippen LogP contribution in [-0.2, 0) is 4.74 Å². The van der Waals surface area contributed by atoms with Crippen LogP contribution >= 0.6 is 0 Å². The van der Waals surface area contributed by atoms with Crippen molar-refractivity contribution in [1.82, 2.24) is 0 Å². The van der Waals surface area contributed by atoms with E-state index in [9.17, 15) is 0 Å². The maximum Gasteiger partial charge on any atom is 0.0828 e. The summed E-state index contributed by atoms with van der Waals surface area (Å²) in [4.78, 5) is 0. The molecule has 0 amide bonds. The lowest BCUT2D eigenvalue weighted by Crippen LogP contribution is -2.00. The third-order valence-corrected chi connectivity index (χ3v) is 3.25. The van der Waals surface area contributed by atoms with Gasteiger partial charge in [0.2, 0.25) is 0 Å². The fourth-order valence-electron chi connectivity index (χ4n) is 2.19. The molecule has 1 atom stereocenters. The molecule has 1 aliphatic heterocycles. The summed E-state index contributed by atoms with van der Waals surface area (Å²) in [7, 11) is 0. The van der Waals surface area contributed by atoms with Crippen LogP contribution in [0.5, 0.6) is 0 Å². The Bertz CT molecular complexity index is 335. The Morgan fingerprint density at radius 1 is 1.33 bits per heavy atom. The quantitative estimate of drug-likeness (QED) is 0.708. The van der Waals surface area contributed by atoms with Gasteiger partial charge in [0.05, 0.1) is 6.10 Å². The Morgan fingerprint density at radius 2 is 2.13 bits per heavy atom. The first-order valence-corrected chi connectivity index (χ1v) is 5.90. The topological polar surface area (TPSA) is 9.23 Å². The number of aryl methyl sites for hydroxylation is 1. The van der Waals surface area contributed by atoms with Gasteiger partial charge in [-0.1, -0.05) is 32.0 Å². The van der Waals surface area contributed by atoms with Gasteiger partial charge in [0.25, 0.3) is 0 Å². The van der Waals surface area contributed by atoms with Crippen LogP contribution in [0, 0.1) is 6.92 Å². The molecule has 1 aliphatic rings. The van der Waals surface area contributed by atoms with Crippen LogP contribution in [0.4, 0.5) is 0 Å². The Labute approximate surface area is 92.5 Å². The average molecular weight is 204 g/mol. The second-order valence-electron chi connectivity index (χ2n) is 4.77. The Balaban J connectivity index is 2.31. The van der Waals surface area contributed by atoms with Crippen molar-refractivity contribution in [2.45, 2.75) is 45.6 Å². The molecule has 0 saturated carbocycles. The molecule has 1 nitrogen and oxygen atoms in total. The van der Waals surface area contributed by atoms with Crippen molar-refractivity contribution >= 4 is 0 Å². The van der Waals surface area contributed by atoms with Crippen LogP contribution in [0.1, 0.15) is 55.4 Å². The second-order valence-corrected chi connectivity index (χ2v) is 4.77. The summed E-state index contributed by atoms with van der Waals surface area (Å²) in [5.41, 5.74) is 4.19. The van der Waals surface area contributed by atoms with Gasteiger partial charge >= 0.3 is 0 Å². The van der Waals surface area contributed by atoms with Crippen molar-refractivity contribution in [1.29, 1.82) is 0 Å². The summed E-state index contributed by atoms with van der Waals surface area (Å²) in [5, 5.41) is 0. The van der Waals surface area contributed by atoms with E-state index in [1.54, 1.807) is 0 Å².